The van der Waals surface area contributed by atoms with Crippen LogP contribution in [0.2, 0.25) is 0 Å². The maximum absolute atomic E-state index is 12.3. The van der Waals surface area contributed by atoms with E-state index in [-0.39, 0.29) is 5.91 Å². The summed E-state index contributed by atoms with van der Waals surface area (Å²) in [6.45, 7) is 4.22. The molecule has 1 heterocycles. The van der Waals surface area contributed by atoms with E-state index in [0.29, 0.717) is 6.42 Å². The molecule has 2 aromatic carbocycles. The zero-order valence-corrected chi connectivity index (χ0v) is 16.8. The van der Waals surface area contributed by atoms with Crippen molar-refractivity contribution in [1.29, 1.82) is 0 Å². The van der Waals surface area contributed by atoms with Gasteiger partial charge in [0, 0.05) is 17.7 Å². The van der Waals surface area contributed by atoms with E-state index in [1.807, 2.05) is 24.3 Å². The molecule has 1 fully saturated rings. The lowest BCUT2D eigenvalue weighted by Gasteiger charge is -2.21. The lowest BCUT2D eigenvalue weighted by atomic mass is 9.86. The fourth-order valence-electron chi connectivity index (χ4n) is 4.15. The molecule has 4 nitrogen and oxygen atoms in total. The average molecular weight is 376 g/mol. The van der Waals surface area contributed by atoms with Gasteiger partial charge >= 0.3 is 0 Å². The molecule has 0 atom stereocenters. The molecular formula is C24H29N3O. The predicted octanol–water partition coefficient (Wildman–Crippen LogP) is 6.15. The van der Waals surface area contributed by atoms with Crippen molar-refractivity contribution < 1.29 is 4.79 Å². The average Bonchev–Trinajstić information content (AvgIpc) is 3.11. The van der Waals surface area contributed by atoms with E-state index >= 15 is 0 Å². The van der Waals surface area contributed by atoms with Gasteiger partial charge in [0.2, 0.25) is 5.91 Å². The second-order valence-corrected chi connectivity index (χ2v) is 8.21. The van der Waals surface area contributed by atoms with Crippen molar-refractivity contribution in [2.45, 2.75) is 58.8 Å². The molecule has 0 bridgehead atoms. The summed E-state index contributed by atoms with van der Waals surface area (Å²) in [5.74, 6) is 1.71. The monoisotopic (exact) mass is 375 g/mol. The Bertz CT molecular complexity index is 926. The van der Waals surface area contributed by atoms with Crippen LogP contribution in [0.1, 0.15) is 56.1 Å². The van der Waals surface area contributed by atoms with Crippen LogP contribution in [-0.4, -0.2) is 15.9 Å². The number of carbonyl (C=O) groups is 1. The first-order chi connectivity index (χ1) is 13.6. The number of anilines is 1. The number of aromatic amines is 1. The van der Waals surface area contributed by atoms with E-state index in [4.69, 9.17) is 4.98 Å². The molecule has 1 aromatic heterocycles. The van der Waals surface area contributed by atoms with Crippen LogP contribution in [0.25, 0.3) is 22.4 Å². The van der Waals surface area contributed by atoms with Crippen LogP contribution >= 0.6 is 0 Å². The third kappa shape index (κ3) is 4.27. The number of hydrogen-bond donors (Lipinski definition) is 2. The fraction of sp³-hybridized carbons (Fsp3) is 0.417. The largest absolute Gasteiger partial charge is 0.338 e. The van der Waals surface area contributed by atoms with Gasteiger partial charge in [-0.1, -0.05) is 32.1 Å². The van der Waals surface area contributed by atoms with Gasteiger partial charge in [-0.25, -0.2) is 4.98 Å². The second kappa shape index (κ2) is 8.17. The predicted molar refractivity (Wildman–Crippen MR) is 115 cm³/mol. The van der Waals surface area contributed by atoms with E-state index in [1.54, 1.807) is 0 Å². The minimum atomic E-state index is 0.119. The van der Waals surface area contributed by atoms with Crippen molar-refractivity contribution in [1.82, 2.24) is 9.97 Å². The zero-order valence-electron chi connectivity index (χ0n) is 16.8. The van der Waals surface area contributed by atoms with E-state index in [9.17, 15) is 4.79 Å². The second-order valence-electron chi connectivity index (χ2n) is 8.21. The summed E-state index contributed by atoms with van der Waals surface area (Å²) < 4.78 is 0. The highest BCUT2D eigenvalue weighted by Crippen LogP contribution is 2.28. The highest BCUT2D eigenvalue weighted by atomic mass is 16.1. The summed E-state index contributed by atoms with van der Waals surface area (Å²) in [4.78, 5) is 20.4. The van der Waals surface area contributed by atoms with Crippen LogP contribution in [0.3, 0.4) is 0 Å². The number of carbonyl (C=O) groups excluding carboxylic acids is 1. The van der Waals surface area contributed by atoms with Crippen LogP contribution in [-0.2, 0) is 4.79 Å². The maximum Gasteiger partial charge on any atom is 0.224 e. The molecule has 4 heteroatoms. The molecule has 0 saturated heterocycles. The van der Waals surface area contributed by atoms with Crippen LogP contribution in [0.4, 0.5) is 5.69 Å². The van der Waals surface area contributed by atoms with Crippen LogP contribution in [0.5, 0.6) is 0 Å². The van der Waals surface area contributed by atoms with E-state index in [2.05, 4.69) is 36.3 Å². The van der Waals surface area contributed by atoms with Crippen molar-refractivity contribution in [3.05, 3.63) is 47.5 Å². The van der Waals surface area contributed by atoms with E-state index in [1.165, 1.54) is 43.2 Å². The summed E-state index contributed by atoms with van der Waals surface area (Å²) in [6, 6.07) is 12.2. The molecule has 1 saturated carbocycles. The Labute approximate surface area is 166 Å². The molecule has 0 aliphatic heterocycles. The Balaban J connectivity index is 1.38. The lowest BCUT2D eigenvalue weighted by molar-refractivity contribution is -0.116. The minimum absolute atomic E-state index is 0.119. The summed E-state index contributed by atoms with van der Waals surface area (Å²) >= 11 is 0. The number of hydrogen-bond acceptors (Lipinski definition) is 2. The van der Waals surface area contributed by atoms with Gasteiger partial charge in [-0.05, 0) is 73.7 Å². The molecule has 0 unspecified atom stereocenters. The number of benzene rings is 2. The SMILES string of the molecule is Cc1cc2nc(-c3ccc(NC(=O)CCC4CCCCC4)cc3)[nH]c2cc1C. The quantitative estimate of drug-likeness (QED) is 0.562. The van der Waals surface area contributed by atoms with Crippen LogP contribution < -0.4 is 5.32 Å². The van der Waals surface area contributed by atoms with Gasteiger partial charge in [0.05, 0.1) is 11.0 Å². The Hall–Kier alpha value is -2.62. The third-order valence-electron chi connectivity index (χ3n) is 6.04. The number of aromatic nitrogens is 2. The molecule has 1 aliphatic carbocycles. The number of imidazole rings is 1. The van der Waals surface area contributed by atoms with Gasteiger partial charge in [-0.3, -0.25) is 4.79 Å². The molecule has 0 radical (unpaired) electrons. The number of nitrogens with one attached hydrogen (secondary N) is 2. The standard InChI is InChI=1S/C24H29N3O/c1-16-14-21-22(15-17(16)2)27-24(26-21)19-9-11-20(12-10-19)25-23(28)13-8-18-6-4-3-5-7-18/h9-12,14-15,18H,3-8,13H2,1-2H3,(H,25,28)(H,26,27). The van der Waals surface area contributed by atoms with Crippen molar-refractivity contribution in [3.8, 4) is 11.4 Å². The van der Waals surface area contributed by atoms with Gasteiger partial charge in [-0.2, -0.15) is 0 Å². The zero-order chi connectivity index (χ0) is 19.5. The Morgan fingerprint density at radius 1 is 1.07 bits per heavy atom. The summed E-state index contributed by atoms with van der Waals surface area (Å²) in [6.07, 6.45) is 8.23. The number of nitrogens with zero attached hydrogens (tertiary/aromatic N) is 1. The minimum Gasteiger partial charge on any atom is -0.338 e. The van der Waals surface area contributed by atoms with Gasteiger partial charge < -0.3 is 10.3 Å². The van der Waals surface area contributed by atoms with Gasteiger partial charge in [0.1, 0.15) is 5.82 Å². The lowest BCUT2D eigenvalue weighted by Crippen LogP contribution is -2.14. The number of fused-ring (bicyclic) bond motifs is 1. The first-order valence-electron chi connectivity index (χ1n) is 10.5. The molecule has 28 heavy (non-hydrogen) atoms. The summed E-state index contributed by atoms with van der Waals surface area (Å²) in [5.41, 5.74) is 6.41. The van der Waals surface area contributed by atoms with Gasteiger partial charge in [0.25, 0.3) is 0 Å². The molecule has 146 valence electrons. The topological polar surface area (TPSA) is 57.8 Å². The van der Waals surface area contributed by atoms with Gasteiger partial charge in [-0.15, -0.1) is 0 Å². The van der Waals surface area contributed by atoms with Crippen LogP contribution in [0.15, 0.2) is 36.4 Å². The van der Waals surface area contributed by atoms with Crippen molar-refractivity contribution >= 4 is 22.6 Å². The third-order valence-corrected chi connectivity index (χ3v) is 6.04. The van der Waals surface area contributed by atoms with Crippen LogP contribution in [0, 0.1) is 19.8 Å². The Kier molecular flexibility index (Phi) is 5.47. The maximum atomic E-state index is 12.3. The summed E-state index contributed by atoms with van der Waals surface area (Å²) in [7, 11) is 0. The van der Waals surface area contributed by atoms with Crippen molar-refractivity contribution in [3.63, 3.8) is 0 Å². The normalized spacial score (nSPS) is 15.1. The molecule has 2 N–H and O–H groups in total. The Morgan fingerprint density at radius 3 is 2.54 bits per heavy atom. The number of amides is 1. The molecule has 4 rings (SSSR count). The number of aryl methyl sites for hydroxylation is 2. The highest BCUT2D eigenvalue weighted by molar-refractivity contribution is 5.91. The Morgan fingerprint density at radius 2 is 1.79 bits per heavy atom. The number of H-pyrrole nitrogens is 1. The molecular weight excluding hydrogens is 346 g/mol. The fourth-order valence-corrected chi connectivity index (χ4v) is 4.15. The smallest absolute Gasteiger partial charge is 0.224 e. The van der Waals surface area contributed by atoms with E-state index < -0.39 is 0 Å². The molecule has 0 spiro atoms. The van der Waals surface area contributed by atoms with Gasteiger partial charge in [0.15, 0.2) is 0 Å². The molecule has 3 aromatic rings. The van der Waals surface area contributed by atoms with E-state index in [0.717, 1.165) is 40.4 Å². The first-order valence-corrected chi connectivity index (χ1v) is 10.5. The first kappa shape index (κ1) is 18.7. The highest BCUT2D eigenvalue weighted by Gasteiger charge is 2.15. The van der Waals surface area contributed by atoms with Crippen molar-refractivity contribution in [2.75, 3.05) is 5.32 Å². The summed E-state index contributed by atoms with van der Waals surface area (Å²) in [5, 5.41) is 3.03. The number of rotatable bonds is 5. The van der Waals surface area contributed by atoms with Crippen molar-refractivity contribution in [2.24, 2.45) is 5.92 Å². The molecule has 1 amide bonds. The molecule has 1 aliphatic rings.